The zero-order chi connectivity index (χ0) is 21.8. The Morgan fingerprint density at radius 2 is 1.18 bits per heavy atom. The Kier molecular flexibility index (Phi) is 6.90. The van der Waals surface area contributed by atoms with Crippen LogP contribution in [0.1, 0.15) is 16.8 Å². The monoisotopic (exact) mass is 606 g/mol. The second-order valence-electron chi connectivity index (χ2n) is 7.51. The Morgan fingerprint density at radius 1 is 0.606 bits per heavy atom. The first kappa shape index (κ1) is 22.8. The molecular weight excluding hydrogens is 585 g/mol. The van der Waals surface area contributed by atoms with Gasteiger partial charge in [-0.05, 0) is 35.0 Å². The molecule has 1 radical (unpaired) electrons. The van der Waals surface area contributed by atoms with Crippen LogP contribution in [0.3, 0.4) is 0 Å². The van der Waals surface area contributed by atoms with Gasteiger partial charge in [0.1, 0.15) is 0 Å². The summed E-state index contributed by atoms with van der Waals surface area (Å²) in [5.74, 6) is 0. The molecule has 5 aromatic rings. The summed E-state index contributed by atoms with van der Waals surface area (Å²) in [4.78, 5) is 8.60. The average molecular weight is 606 g/mol. The van der Waals surface area contributed by atoms with E-state index in [2.05, 4.69) is 28.2 Å². The van der Waals surface area contributed by atoms with Crippen LogP contribution in [-0.4, -0.2) is 15.1 Å². The van der Waals surface area contributed by atoms with Gasteiger partial charge in [0.05, 0.1) is 5.69 Å². The summed E-state index contributed by atoms with van der Waals surface area (Å²) in [5.41, 5.74) is 5.48. The number of benzene rings is 3. The molecule has 0 bridgehead atoms. The number of rotatable bonds is 2. The molecule has 0 fully saturated rings. The van der Waals surface area contributed by atoms with Crippen molar-refractivity contribution in [2.75, 3.05) is 0 Å². The number of pyridine rings is 2. The van der Waals surface area contributed by atoms with Gasteiger partial charge in [-0.3, -0.25) is 4.98 Å². The van der Waals surface area contributed by atoms with Gasteiger partial charge in [0.15, 0.2) is 5.60 Å². The van der Waals surface area contributed by atoms with Crippen LogP contribution < -0.4 is 0 Å². The second kappa shape index (κ2) is 10.0. The maximum Gasteiger partial charge on any atom is 0.158 e. The van der Waals surface area contributed by atoms with E-state index < -0.39 is 5.60 Å². The number of fused-ring (bicyclic) bond motifs is 3. The van der Waals surface area contributed by atoms with Crippen molar-refractivity contribution in [3.8, 4) is 22.4 Å². The van der Waals surface area contributed by atoms with E-state index in [9.17, 15) is 5.11 Å². The standard InChI is InChI=1S/C18H13NO.C11H8N.Ir/c20-18(17-11-5-6-12-19-17)15-9-3-1-7-13(15)14-8-2-4-10-16(14)18;1-2-6-10(7-3-1)11-8-4-5-9-12-11;/h1-12,20H;1-6,8-9H;/q;-1;. The third-order valence-electron chi connectivity index (χ3n) is 5.61. The first-order valence-electron chi connectivity index (χ1n) is 10.5. The van der Waals surface area contributed by atoms with E-state index in [1.165, 1.54) is 0 Å². The molecule has 2 aromatic heterocycles. The van der Waals surface area contributed by atoms with E-state index in [0.717, 1.165) is 33.5 Å². The van der Waals surface area contributed by atoms with Gasteiger partial charge >= 0.3 is 0 Å². The predicted molar refractivity (Wildman–Crippen MR) is 127 cm³/mol. The quantitative estimate of drug-likeness (QED) is 0.255. The van der Waals surface area contributed by atoms with Crippen molar-refractivity contribution < 1.29 is 25.2 Å². The fourth-order valence-electron chi connectivity index (χ4n) is 4.14. The van der Waals surface area contributed by atoms with Crippen LogP contribution in [0.25, 0.3) is 22.4 Å². The third kappa shape index (κ3) is 4.29. The van der Waals surface area contributed by atoms with Crippen LogP contribution in [0, 0.1) is 6.07 Å². The first-order valence-corrected chi connectivity index (χ1v) is 10.5. The van der Waals surface area contributed by atoms with Crippen molar-refractivity contribution in [1.29, 1.82) is 0 Å². The molecule has 33 heavy (non-hydrogen) atoms. The normalized spacial score (nSPS) is 12.4. The molecule has 0 saturated heterocycles. The summed E-state index contributed by atoms with van der Waals surface area (Å²) in [7, 11) is 0. The van der Waals surface area contributed by atoms with E-state index in [4.69, 9.17) is 0 Å². The zero-order valence-electron chi connectivity index (χ0n) is 17.7. The third-order valence-corrected chi connectivity index (χ3v) is 5.61. The number of hydrogen-bond donors (Lipinski definition) is 1. The fraction of sp³-hybridized carbons (Fsp3) is 0.0345. The summed E-state index contributed by atoms with van der Waals surface area (Å²) in [6.07, 6.45) is 3.51. The Labute approximate surface area is 207 Å². The molecule has 163 valence electrons. The van der Waals surface area contributed by atoms with Crippen molar-refractivity contribution in [3.05, 3.63) is 144 Å². The van der Waals surface area contributed by atoms with E-state index in [1.807, 2.05) is 97.1 Å². The van der Waals surface area contributed by atoms with Crippen molar-refractivity contribution in [2.45, 2.75) is 5.60 Å². The SMILES string of the molecule is OC1(c2ccccn2)c2ccccc2-c2ccccc21.[Ir].[c-]1ccccc1-c1ccccn1. The Balaban J connectivity index is 0.000000172. The van der Waals surface area contributed by atoms with Crippen molar-refractivity contribution in [2.24, 2.45) is 0 Å². The van der Waals surface area contributed by atoms with Crippen LogP contribution in [0.15, 0.2) is 122 Å². The minimum atomic E-state index is -1.16. The van der Waals surface area contributed by atoms with E-state index in [-0.39, 0.29) is 20.1 Å². The van der Waals surface area contributed by atoms with Crippen LogP contribution in [-0.2, 0) is 25.7 Å². The van der Waals surface area contributed by atoms with E-state index in [1.54, 1.807) is 12.4 Å². The Bertz CT molecular complexity index is 1240. The van der Waals surface area contributed by atoms with Gasteiger partial charge in [-0.1, -0.05) is 66.7 Å². The summed E-state index contributed by atoms with van der Waals surface area (Å²) in [6, 6.07) is 38.4. The number of hydrogen-bond acceptors (Lipinski definition) is 3. The summed E-state index contributed by atoms with van der Waals surface area (Å²) < 4.78 is 0. The maximum atomic E-state index is 11.4. The molecule has 0 unspecified atom stereocenters. The van der Waals surface area contributed by atoms with Crippen LogP contribution in [0.4, 0.5) is 0 Å². The molecular formula is C29H21IrN2O-. The fourth-order valence-corrected chi connectivity index (χ4v) is 4.14. The molecule has 0 spiro atoms. The van der Waals surface area contributed by atoms with E-state index >= 15 is 0 Å². The molecule has 0 aliphatic heterocycles. The molecule has 0 amide bonds. The molecule has 1 aliphatic rings. The molecule has 1 N–H and O–H groups in total. The first-order chi connectivity index (χ1) is 15.8. The Hall–Kier alpha value is -3.43. The van der Waals surface area contributed by atoms with Gasteiger partial charge in [-0.25, -0.2) is 0 Å². The molecule has 0 saturated carbocycles. The minimum absolute atomic E-state index is 0. The molecule has 1 aliphatic carbocycles. The predicted octanol–water partition coefficient (Wildman–Crippen LogP) is 5.89. The van der Waals surface area contributed by atoms with Crippen molar-refractivity contribution in [1.82, 2.24) is 9.97 Å². The second-order valence-corrected chi connectivity index (χ2v) is 7.51. The topological polar surface area (TPSA) is 46.0 Å². The Morgan fingerprint density at radius 3 is 1.73 bits per heavy atom. The van der Waals surface area contributed by atoms with Crippen LogP contribution >= 0.6 is 0 Å². The molecule has 0 atom stereocenters. The smallest absolute Gasteiger partial charge is 0.158 e. The number of nitrogens with zero attached hydrogens (tertiary/aromatic N) is 2. The van der Waals surface area contributed by atoms with Crippen molar-refractivity contribution >= 4 is 0 Å². The van der Waals surface area contributed by atoms with Gasteiger partial charge in [-0.2, -0.15) is 0 Å². The zero-order valence-corrected chi connectivity index (χ0v) is 20.1. The minimum Gasteiger partial charge on any atom is -0.374 e. The van der Waals surface area contributed by atoms with Gasteiger partial charge in [-0.15, -0.1) is 35.9 Å². The largest absolute Gasteiger partial charge is 0.374 e. The molecule has 2 heterocycles. The van der Waals surface area contributed by atoms with Crippen molar-refractivity contribution in [3.63, 3.8) is 0 Å². The van der Waals surface area contributed by atoms with Gasteiger partial charge in [0.2, 0.25) is 0 Å². The molecule has 6 rings (SSSR count). The van der Waals surface area contributed by atoms with Gasteiger partial charge in [0.25, 0.3) is 0 Å². The summed E-state index contributed by atoms with van der Waals surface area (Å²) in [5, 5.41) is 11.4. The summed E-state index contributed by atoms with van der Waals surface area (Å²) >= 11 is 0. The van der Waals surface area contributed by atoms with Crippen LogP contribution in [0.5, 0.6) is 0 Å². The summed E-state index contributed by atoms with van der Waals surface area (Å²) in [6.45, 7) is 0. The number of aliphatic hydroxyl groups is 1. The van der Waals surface area contributed by atoms with E-state index in [0.29, 0.717) is 5.69 Å². The molecule has 3 aromatic carbocycles. The molecule has 3 nitrogen and oxygen atoms in total. The average Bonchev–Trinajstić information content (AvgIpc) is 3.16. The number of aromatic nitrogens is 2. The van der Waals surface area contributed by atoms with Gasteiger partial charge < -0.3 is 10.1 Å². The maximum absolute atomic E-state index is 11.4. The van der Waals surface area contributed by atoms with Crippen LogP contribution in [0.2, 0.25) is 0 Å². The molecule has 4 heteroatoms. The van der Waals surface area contributed by atoms with Gasteiger partial charge in [0, 0.05) is 43.6 Å².